The molecule has 0 bridgehead atoms. The molecule has 0 fully saturated rings. The quantitative estimate of drug-likeness (QED) is 0.462. The van der Waals surface area contributed by atoms with E-state index in [4.69, 9.17) is 0 Å². The molecule has 19 heavy (non-hydrogen) atoms. The summed E-state index contributed by atoms with van der Waals surface area (Å²) in [5.74, 6) is 0. The molecule has 2 heteroatoms. The number of hydrogen-bond donors (Lipinski definition) is 0. The van der Waals surface area contributed by atoms with Crippen molar-refractivity contribution in [2.45, 2.75) is 0 Å². The summed E-state index contributed by atoms with van der Waals surface area (Å²) in [6.07, 6.45) is 6.63. The summed E-state index contributed by atoms with van der Waals surface area (Å²) < 4.78 is 1.93. The van der Waals surface area contributed by atoms with Crippen LogP contribution in [-0.4, -0.2) is 9.55 Å². The predicted molar refractivity (Wildman–Crippen MR) is 77.4 cm³/mol. The van der Waals surface area contributed by atoms with Gasteiger partial charge in [-0.25, -0.2) is 4.98 Å². The summed E-state index contributed by atoms with van der Waals surface area (Å²) in [6, 6.07) is 19.2. The van der Waals surface area contributed by atoms with Gasteiger partial charge < -0.3 is 0 Å². The SMILES string of the molecule is [c]1nccn1-c1cccc2cc3ccccc3cc12. The smallest absolute Gasteiger partial charge is 0.181 e. The van der Waals surface area contributed by atoms with Crippen molar-refractivity contribution in [3.8, 4) is 5.69 Å². The van der Waals surface area contributed by atoms with Crippen LogP contribution in [0.4, 0.5) is 0 Å². The van der Waals surface area contributed by atoms with Crippen LogP contribution in [-0.2, 0) is 0 Å². The molecule has 0 saturated heterocycles. The summed E-state index contributed by atoms with van der Waals surface area (Å²) in [4.78, 5) is 4.01. The highest BCUT2D eigenvalue weighted by Gasteiger charge is 2.04. The summed E-state index contributed by atoms with van der Waals surface area (Å²) in [6.45, 7) is 0. The van der Waals surface area contributed by atoms with E-state index in [1.807, 2.05) is 10.8 Å². The largest absolute Gasteiger partial charge is 0.297 e. The highest BCUT2D eigenvalue weighted by molar-refractivity contribution is 6.01. The average molecular weight is 243 g/mol. The van der Waals surface area contributed by atoms with Crippen molar-refractivity contribution in [1.29, 1.82) is 0 Å². The number of fused-ring (bicyclic) bond motifs is 2. The molecule has 0 spiro atoms. The van der Waals surface area contributed by atoms with Crippen LogP contribution in [0.2, 0.25) is 0 Å². The summed E-state index contributed by atoms with van der Waals surface area (Å²) in [5.41, 5.74) is 1.11. The minimum atomic E-state index is 1.11. The fourth-order valence-corrected chi connectivity index (χ4v) is 2.52. The lowest BCUT2D eigenvalue weighted by molar-refractivity contribution is 1.05. The Morgan fingerprint density at radius 3 is 2.42 bits per heavy atom. The minimum Gasteiger partial charge on any atom is -0.297 e. The molecule has 0 aliphatic heterocycles. The standard InChI is InChI=1S/C17H11N2/c1-2-5-14-11-16-15(10-13(14)4-1)6-3-7-17(16)19-9-8-18-12-19/h1-11H. The first-order valence-electron chi connectivity index (χ1n) is 6.25. The third-order valence-electron chi connectivity index (χ3n) is 3.44. The molecule has 2 nitrogen and oxygen atoms in total. The topological polar surface area (TPSA) is 17.8 Å². The van der Waals surface area contributed by atoms with Crippen molar-refractivity contribution in [3.05, 3.63) is 73.3 Å². The molecule has 0 atom stereocenters. The van der Waals surface area contributed by atoms with Crippen LogP contribution in [0.5, 0.6) is 0 Å². The first kappa shape index (κ1) is 10.3. The second-order valence-electron chi connectivity index (χ2n) is 4.59. The molecular formula is C17H11N2. The average Bonchev–Trinajstić information content (AvgIpc) is 2.98. The lowest BCUT2D eigenvalue weighted by atomic mass is 10.0. The van der Waals surface area contributed by atoms with E-state index in [1.54, 1.807) is 6.20 Å². The second kappa shape index (κ2) is 3.95. The molecule has 3 aromatic carbocycles. The van der Waals surface area contributed by atoms with Crippen LogP contribution in [0.3, 0.4) is 0 Å². The van der Waals surface area contributed by atoms with E-state index in [-0.39, 0.29) is 0 Å². The highest BCUT2D eigenvalue weighted by atomic mass is 15.0. The Morgan fingerprint density at radius 1 is 0.842 bits per heavy atom. The van der Waals surface area contributed by atoms with Gasteiger partial charge in [-0.1, -0.05) is 36.4 Å². The number of imidazole rings is 1. The molecule has 1 radical (unpaired) electrons. The molecule has 1 heterocycles. The predicted octanol–water partition coefficient (Wildman–Crippen LogP) is 3.98. The van der Waals surface area contributed by atoms with Gasteiger partial charge >= 0.3 is 0 Å². The van der Waals surface area contributed by atoms with E-state index >= 15 is 0 Å². The lowest BCUT2D eigenvalue weighted by Crippen LogP contribution is -1.91. The number of hydrogen-bond acceptors (Lipinski definition) is 1. The molecular weight excluding hydrogens is 232 g/mol. The van der Waals surface area contributed by atoms with Crippen molar-refractivity contribution in [3.63, 3.8) is 0 Å². The Balaban J connectivity index is 2.12. The van der Waals surface area contributed by atoms with Crippen molar-refractivity contribution >= 4 is 21.5 Å². The van der Waals surface area contributed by atoms with Crippen molar-refractivity contribution in [2.24, 2.45) is 0 Å². The zero-order chi connectivity index (χ0) is 12.7. The molecule has 89 valence electrons. The first-order valence-corrected chi connectivity index (χ1v) is 6.25. The van der Waals surface area contributed by atoms with Gasteiger partial charge in [0.05, 0.1) is 5.69 Å². The van der Waals surface area contributed by atoms with Gasteiger partial charge in [0.15, 0.2) is 6.33 Å². The van der Waals surface area contributed by atoms with Gasteiger partial charge in [-0.15, -0.1) is 0 Å². The highest BCUT2D eigenvalue weighted by Crippen LogP contribution is 2.27. The fourth-order valence-electron chi connectivity index (χ4n) is 2.52. The van der Waals surface area contributed by atoms with Gasteiger partial charge in [0.25, 0.3) is 0 Å². The maximum atomic E-state index is 4.01. The van der Waals surface area contributed by atoms with Gasteiger partial charge in [0, 0.05) is 17.8 Å². The van der Waals surface area contributed by atoms with E-state index in [2.05, 4.69) is 65.9 Å². The fraction of sp³-hybridized carbons (Fsp3) is 0. The Labute approximate surface area is 110 Å². The van der Waals surface area contributed by atoms with Gasteiger partial charge in [-0.2, -0.15) is 0 Å². The maximum Gasteiger partial charge on any atom is 0.181 e. The molecule has 1 aromatic heterocycles. The van der Waals surface area contributed by atoms with E-state index in [1.165, 1.54) is 21.5 Å². The van der Waals surface area contributed by atoms with Crippen LogP contribution < -0.4 is 0 Å². The second-order valence-corrected chi connectivity index (χ2v) is 4.59. The molecule has 0 aliphatic rings. The lowest BCUT2D eigenvalue weighted by Gasteiger charge is -2.08. The molecule has 0 aliphatic carbocycles. The third-order valence-corrected chi connectivity index (χ3v) is 3.44. The van der Waals surface area contributed by atoms with Crippen LogP contribution in [0, 0.1) is 6.33 Å². The zero-order valence-corrected chi connectivity index (χ0v) is 10.2. The zero-order valence-electron chi connectivity index (χ0n) is 10.2. The summed E-state index contributed by atoms with van der Waals surface area (Å²) in [7, 11) is 0. The van der Waals surface area contributed by atoms with Crippen LogP contribution in [0.25, 0.3) is 27.2 Å². The summed E-state index contributed by atoms with van der Waals surface area (Å²) in [5, 5.41) is 4.97. The van der Waals surface area contributed by atoms with Crippen LogP contribution >= 0.6 is 0 Å². The Kier molecular flexibility index (Phi) is 2.15. The number of benzene rings is 3. The molecule has 0 N–H and O–H groups in total. The normalized spacial score (nSPS) is 11.2. The van der Waals surface area contributed by atoms with E-state index in [0.29, 0.717) is 0 Å². The van der Waals surface area contributed by atoms with E-state index in [9.17, 15) is 0 Å². The molecule has 0 amide bonds. The van der Waals surface area contributed by atoms with Crippen LogP contribution in [0.1, 0.15) is 0 Å². The van der Waals surface area contributed by atoms with E-state index in [0.717, 1.165) is 5.69 Å². The van der Waals surface area contributed by atoms with Gasteiger partial charge in [0.2, 0.25) is 0 Å². The maximum absolute atomic E-state index is 4.01. The first-order chi connectivity index (χ1) is 9.42. The molecule has 0 saturated carbocycles. The minimum absolute atomic E-state index is 1.11. The Bertz CT molecular complexity index is 861. The third kappa shape index (κ3) is 1.61. The number of nitrogens with zero attached hydrogens (tertiary/aromatic N) is 2. The van der Waals surface area contributed by atoms with Gasteiger partial charge in [-0.05, 0) is 34.4 Å². The summed E-state index contributed by atoms with van der Waals surface area (Å²) >= 11 is 0. The van der Waals surface area contributed by atoms with Gasteiger partial charge in [-0.3, -0.25) is 4.57 Å². The number of rotatable bonds is 1. The number of aromatic nitrogens is 2. The molecule has 0 unspecified atom stereocenters. The monoisotopic (exact) mass is 243 g/mol. The Hall–Kier alpha value is -2.61. The van der Waals surface area contributed by atoms with Gasteiger partial charge in [0.1, 0.15) is 0 Å². The van der Waals surface area contributed by atoms with Crippen LogP contribution in [0.15, 0.2) is 67.0 Å². The van der Waals surface area contributed by atoms with Crippen molar-refractivity contribution in [2.75, 3.05) is 0 Å². The van der Waals surface area contributed by atoms with E-state index < -0.39 is 0 Å². The van der Waals surface area contributed by atoms with Crippen molar-refractivity contribution < 1.29 is 0 Å². The molecule has 4 aromatic rings. The van der Waals surface area contributed by atoms with Crippen molar-refractivity contribution in [1.82, 2.24) is 9.55 Å². The Morgan fingerprint density at radius 2 is 1.63 bits per heavy atom. The molecule has 4 rings (SSSR count).